The number of imide groups is 1. The number of nitrogens with zero attached hydrogens (tertiary/aromatic N) is 3. The topological polar surface area (TPSA) is 82.8 Å². The first-order chi connectivity index (χ1) is 14.6. The standard InChI is InChI=1S/C24H17N3O3/c1-27-23(28)21(16-7-3-2-4-8-16)22(24(27)29)26-18-11-13-19(14-12-18)30-20-10-6-5-9-17(20)15-25/h2-14,21H,1H3. The van der Waals surface area contributed by atoms with Crippen molar-refractivity contribution in [1.29, 1.82) is 5.26 Å². The van der Waals surface area contributed by atoms with Crippen LogP contribution in [0.2, 0.25) is 0 Å². The number of ether oxygens (including phenoxy) is 1. The second kappa shape index (κ2) is 8.02. The minimum atomic E-state index is -0.720. The fourth-order valence-electron chi connectivity index (χ4n) is 3.27. The van der Waals surface area contributed by atoms with Gasteiger partial charge in [-0.1, -0.05) is 42.5 Å². The first-order valence-corrected chi connectivity index (χ1v) is 9.31. The van der Waals surface area contributed by atoms with Crippen LogP contribution in [0.25, 0.3) is 0 Å². The Labute approximate surface area is 173 Å². The third-order valence-corrected chi connectivity index (χ3v) is 4.83. The fraction of sp³-hybridized carbons (Fsp3) is 0.0833. The van der Waals surface area contributed by atoms with Gasteiger partial charge < -0.3 is 4.74 Å². The van der Waals surface area contributed by atoms with Gasteiger partial charge in [-0.15, -0.1) is 0 Å². The number of amides is 2. The lowest BCUT2D eigenvalue weighted by atomic mass is 9.96. The third kappa shape index (κ3) is 3.56. The lowest BCUT2D eigenvalue weighted by molar-refractivity contribution is -0.136. The highest BCUT2D eigenvalue weighted by Gasteiger charge is 2.43. The molecule has 146 valence electrons. The maximum atomic E-state index is 12.6. The SMILES string of the molecule is CN1C(=O)C(=Nc2ccc(Oc3ccccc3C#N)cc2)C(c2ccccc2)C1=O. The molecule has 1 fully saturated rings. The zero-order valence-corrected chi connectivity index (χ0v) is 16.1. The summed E-state index contributed by atoms with van der Waals surface area (Å²) in [7, 11) is 1.46. The molecule has 0 spiro atoms. The Morgan fingerprint density at radius 3 is 2.30 bits per heavy atom. The molecule has 1 aliphatic heterocycles. The Bertz CT molecular complexity index is 1180. The molecule has 6 nitrogen and oxygen atoms in total. The number of benzene rings is 3. The average molecular weight is 395 g/mol. The molecular formula is C24H17N3O3. The van der Waals surface area contributed by atoms with Crippen molar-refractivity contribution in [3.63, 3.8) is 0 Å². The predicted octanol–water partition coefficient (Wildman–Crippen LogP) is 4.21. The summed E-state index contributed by atoms with van der Waals surface area (Å²) in [4.78, 5) is 30.8. The first kappa shape index (κ1) is 19.1. The number of hydrogen-bond donors (Lipinski definition) is 0. The maximum absolute atomic E-state index is 12.6. The highest BCUT2D eigenvalue weighted by molar-refractivity contribution is 6.52. The van der Waals surface area contributed by atoms with E-state index < -0.39 is 11.8 Å². The minimum Gasteiger partial charge on any atom is -0.456 e. The maximum Gasteiger partial charge on any atom is 0.275 e. The van der Waals surface area contributed by atoms with Crippen LogP contribution in [-0.2, 0) is 9.59 Å². The summed E-state index contributed by atoms with van der Waals surface area (Å²) >= 11 is 0. The van der Waals surface area contributed by atoms with Gasteiger partial charge in [0.05, 0.1) is 11.3 Å². The third-order valence-electron chi connectivity index (χ3n) is 4.83. The van der Waals surface area contributed by atoms with Crippen molar-refractivity contribution in [3.05, 3.63) is 90.0 Å². The van der Waals surface area contributed by atoms with Crippen molar-refractivity contribution >= 4 is 23.2 Å². The molecule has 1 atom stereocenters. The summed E-state index contributed by atoms with van der Waals surface area (Å²) in [6.45, 7) is 0. The Morgan fingerprint density at radius 1 is 0.933 bits per heavy atom. The number of hydrogen-bond acceptors (Lipinski definition) is 5. The molecule has 2 amide bonds. The van der Waals surface area contributed by atoms with Crippen molar-refractivity contribution < 1.29 is 14.3 Å². The smallest absolute Gasteiger partial charge is 0.275 e. The number of nitriles is 1. The van der Waals surface area contributed by atoms with Gasteiger partial charge in [0.15, 0.2) is 0 Å². The number of carbonyl (C=O) groups is 2. The van der Waals surface area contributed by atoms with Crippen molar-refractivity contribution in [3.8, 4) is 17.6 Å². The van der Waals surface area contributed by atoms with Crippen molar-refractivity contribution in [2.24, 2.45) is 4.99 Å². The molecule has 1 aliphatic rings. The van der Waals surface area contributed by atoms with Crippen LogP contribution in [0.15, 0.2) is 83.9 Å². The lowest BCUT2D eigenvalue weighted by Gasteiger charge is -2.09. The predicted molar refractivity (Wildman–Crippen MR) is 112 cm³/mol. The van der Waals surface area contributed by atoms with Crippen LogP contribution in [0.4, 0.5) is 5.69 Å². The van der Waals surface area contributed by atoms with Gasteiger partial charge >= 0.3 is 0 Å². The molecule has 1 unspecified atom stereocenters. The Balaban J connectivity index is 1.63. The molecule has 0 aromatic heterocycles. The van der Waals surface area contributed by atoms with E-state index in [1.54, 1.807) is 48.5 Å². The summed E-state index contributed by atoms with van der Waals surface area (Å²) < 4.78 is 5.77. The molecule has 0 radical (unpaired) electrons. The van der Waals surface area contributed by atoms with Crippen LogP contribution in [0.5, 0.6) is 11.5 Å². The van der Waals surface area contributed by atoms with E-state index in [4.69, 9.17) is 4.74 Å². The molecule has 1 saturated heterocycles. The lowest BCUT2D eigenvalue weighted by Crippen LogP contribution is -2.26. The van der Waals surface area contributed by atoms with Crippen LogP contribution in [0, 0.1) is 11.3 Å². The van der Waals surface area contributed by atoms with Crippen LogP contribution in [0.3, 0.4) is 0 Å². The van der Waals surface area contributed by atoms with Crippen LogP contribution in [-0.4, -0.2) is 29.5 Å². The van der Waals surface area contributed by atoms with E-state index in [-0.39, 0.29) is 11.6 Å². The van der Waals surface area contributed by atoms with E-state index >= 15 is 0 Å². The molecule has 3 aromatic carbocycles. The van der Waals surface area contributed by atoms with Gasteiger partial charge in [0, 0.05) is 7.05 Å². The van der Waals surface area contributed by atoms with Crippen molar-refractivity contribution in [1.82, 2.24) is 4.90 Å². The average Bonchev–Trinajstić information content (AvgIpc) is 2.99. The zero-order valence-electron chi connectivity index (χ0n) is 16.1. The van der Waals surface area contributed by atoms with Crippen LogP contribution >= 0.6 is 0 Å². The summed E-state index contributed by atoms with van der Waals surface area (Å²) in [6.07, 6.45) is 0. The molecule has 4 rings (SSSR count). The van der Waals surface area contributed by atoms with Gasteiger partial charge in [-0.3, -0.25) is 14.5 Å². The minimum absolute atomic E-state index is 0.192. The highest BCUT2D eigenvalue weighted by Crippen LogP contribution is 2.31. The van der Waals surface area contributed by atoms with Crippen molar-refractivity contribution in [2.45, 2.75) is 5.92 Å². The normalized spacial score (nSPS) is 17.3. The number of para-hydroxylation sites is 1. The highest BCUT2D eigenvalue weighted by atomic mass is 16.5. The second-order valence-corrected chi connectivity index (χ2v) is 6.75. The van der Waals surface area contributed by atoms with Gasteiger partial charge in [-0.05, 0) is 42.0 Å². The molecule has 1 heterocycles. The van der Waals surface area contributed by atoms with E-state index in [0.29, 0.717) is 22.7 Å². The van der Waals surface area contributed by atoms with Crippen LogP contribution < -0.4 is 4.74 Å². The summed E-state index contributed by atoms with van der Waals surface area (Å²) in [5, 5.41) is 9.18. The Hall–Kier alpha value is -4.24. The summed E-state index contributed by atoms with van der Waals surface area (Å²) in [5.74, 6) is -0.425. The van der Waals surface area contributed by atoms with Gasteiger partial charge in [0.25, 0.3) is 5.91 Å². The monoisotopic (exact) mass is 395 g/mol. The molecular weight excluding hydrogens is 378 g/mol. The second-order valence-electron chi connectivity index (χ2n) is 6.75. The number of rotatable bonds is 4. The zero-order chi connectivity index (χ0) is 21.1. The number of likely N-dealkylation sites (tertiary alicyclic amines) is 1. The van der Waals surface area contributed by atoms with E-state index in [2.05, 4.69) is 11.1 Å². The largest absolute Gasteiger partial charge is 0.456 e. The molecule has 0 aliphatic carbocycles. The number of likely N-dealkylation sites (N-methyl/N-ethyl adjacent to an activating group) is 1. The number of aliphatic imine (C=N–C) groups is 1. The van der Waals surface area contributed by atoms with E-state index in [1.807, 2.05) is 30.3 Å². The quantitative estimate of drug-likeness (QED) is 0.620. The molecule has 0 saturated carbocycles. The van der Waals surface area contributed by atoms with E-state index in [1.165, 1.54) is 7.05 Å². The molecule has 30 heavy (non-hydrogen) atoms. The van der Waals surface area contributed by atoms with Gasteiger partial charge in [0.1, 0.15) is 29.2 Å². The van der Waals surface area contributed by atoms with Gasteiger partial charge in [-0.25, -0.2) is 4.99 Å². The Kier molecular flexibility index (Phi) is 5.10. The number of carbonyl (C=O) groups excluding carboxylic acids is 2. The first-order valence-electron chi connectivity index (χ1n) is 9.31. The van der Waals surface area contributed by atoms with Gasteiger partial charge in [-0.2, -0.15) is 5.26 Å². The van der Waals surface area contributed by atoms with Gasteiger partial charge in [0.2, 0.25) is 5.91 Å². The van der Waals surface area contributed by atoms with E-state index in [9.17, 15) is 14.9 Å². The van der Waals surface area contributed by atoms with Crippen molar-refractivity contribution in [2.75, 3.05) is 7.05 Å². The summed E-state index contributed by atoms with van der Waals surface area (Å²) in [5.41, 5.74) is 1.89. The summed E-state index contributed by atoms with van der Waals surface area (Å²) in [6, 6.07) is 25.0. The fourth-order valence-corrected chi connectivity index (χ4v) is 3.27. The van der Waals surface area contributed by atoms with E-state index in [0.717, 1.165) is 10.5 Å². The van der Waals surface area contributed by atoms with Crippen LogP contribution in [0.1, 0.15) is 17.0 Å². The molecule has 0 bridgehead atoms. The Morgan fingerprint density at radius 2 is 1.60 bits per heavy atom. The molecule has 3 aromatic rings. The molecule has 6 heteroatoms. The molecule has 0 N–H and O–H groups in total.